The molecule has 1 aliphatic carbocycles. The molecule has 1 aromatic rings. The van der Waals surface area contributed by atoms with Crippen molar-refractivity contribution in [2.45, 2.75) is 63.8 Å². The molecule has 4 heteroatoms. The minimum atomic E-state index is -0.716. The summed E-state index contributed by atoms with van der Waals surface area (Å²) in [5, 5.41) is 22.7. The van der Waals surface area contributed by atoms with Crippen LogP contribution in [0.1, 0.15) is 57.9 Å². The summed E-state index contributed by atoms with van der Waals surface area (Å²) in [7, 11) is 0. The molecule has 1 aliphatic rings. The number of nitrogens with one attached hydrogen (secondary N) is 1. The molecule has 0 saturated heterocycles. The summed E-state index contributed by atoms with van der Waals surface area (Å²) in [6, 6.07) is 12.9. The number of carboxylic acid groups (broad SMARTS) is 1. The zero-order valence-electron chi connectivity index (χ0n) is 14.7. The van der Waals surface area contributed by atoms with Gasteiger partial charge in [-0.3, -0.25) is 4.79 Å². The first-order valence-corrected chi connectivity index (χ1v) is 8.95. The number of carboxylic acids is 1. The molecule has 1 fully saturated rings. The van der Waals surface area contributed by atoms with Gasteiger partial charge in [0, 0.05) is 12.6 Å². The van der Waals surface area contributed by atoms with Gasteiger partial charge in [-0.15, -0.1) is 0 Å². The molecular weight excluding hydrogens is 300 g/mol. The molecule has 4 nitrogen and oxygen atoms in total. The van der Waals surface area contributed by atoms with Gasteiger partial charge in [0.2, 0.25) is 0 Å². The normalized spacial score (nSPS) is 24.3. The Morgan fingerprint density at radius 2 is 1.88 bits per heavy atom. The lowest BCUT2D eigenvalue weighted by Crippen LogP contribution is -2.46. The van der Waals surface area contributed by atoms with Gasteiger partial charge < -0.3 is 10.4 Å². The number of hydrogen-bond acceptors (Lipinski definition) is 3. The maximum atomic E-state index is 11.6. The summed E-state index contributed by atoms with van der Waals surface area (Å²) in [6.07, 6.45) is 4.72. The molecule has 1 saturated carbocycles. The van der Waals surface area contributed by atoms with Gasteiger partial charge in [-0.2, -0.15) is 5.26 Å². The van der Waals surface area contributed by atoms with Gasteiger partial charge >= 0.3 is 5.97 Å². The molecule has 0 aromatic heterocycles. The van der Waals surface area contributed by atoms with Crippen molar-refractivity contribution >= 4 is 5.97 Å². The number of hydrogen-bond donors (Lipinski definition) is 2. The van der Waals surface area contributed by atoms with Crippen molar-refractivity contribution in [2.75, 3.05) is 6.54 Å². The molecule has 1 aromatic carbocycles. The van der Waals surface area contributed by atoms with Gasteiger partial charge in [-0.05, 0) is 44.1 Å². The molecule has 0 spiro atoms. The van der Waals surface area contributed by atoms with Gasteiger partial charge in [-0.25, -0.2) is 0 Å². The molecule has 0 atom stereocenters. The molecule has 0 heterocycles. The van der Waals surface area contributed by atoms with E-state index in [1.165, 1.54) is 0 Å². The predicted molar refractivity (Wildman–Crippen MR) is 94.6 cm³/mol. The summed E-state index contributed by atoms with van der Waals surface area (Å²) in [5.41, 5.74) is 0.0372. The largest absolute Gasteiger partial charge is 0.481 e. The van der Waals surface area contributed by atoms with Crippen LogP contribution >= 0.6 is 0 Å². The lowest BCUT2D eigenvalue weighted by Gasteiger charge is -2.37. The monoisotopic (exact) mass is 328 g/mol. The van der Waals surface area contributed by atoms with Crippen LogP contribution in [0.25, 0.3) is 0 Å². The lowest BCUT2D eigenvalue weighted by molar-refractivity contribution is -0.149. The second kappa shape index (κ2) is 7.81. The van der Waals surface area contributed by atoms with Crippen molar-refractivity contribution in [1.82, 2.24) is 5.32 Å². The SMILES string of the molecule is CCC(CC)(CNC1CCC(C#N)(c2ccccc2)CC1)C(=O)O. The van der Waals surface area contributed by atoms with E-state index in [9.17, 15) is 15.2 Å². The van der Waals surface area contributed by atoms with Crippen molar-refractivity contribution in [2.24, 2.45) is 5.41 Å². The molecule has 0 radical (unpaired) electrons. The van der Waals surface area contributed by atoms with Crippen LogP contribution < -0.4 is 5.32 Å². The Labute approximate surface area is 144 Å². The lowest BCUT2D eigenvalue weighted by atomic mass is 9.69. The van der Waals surface area contributed by atoms with Crippen molar-refractivity contribution in [1.29, 1.82) is 5.26 Å². The highest BCUT2D eigenvalue weighted by Crippen LogP contribution is 2.39. The van der Waals surface area contributed by atoms with E-state index < -0.39 is 16.8 Å². The zero-order valence-corrected chi connectivity index (χ0v) is 14.7. The Bertz CT molecular complexity index is 579. The molecule has 2 rings (SSSR count). The summed E-state index contributed by atoms with van der Waals surface area (Å²) < 4.78 is 0. The highest BCUT2D eigenvalue weighted by Gasteiger charge is 2.39. The molecule has 24 heavy (non-hydrogen) atoms. The Kier molecular flexibility index (Phi) is 6.01. The zero-order chi connectivity index (χ0) is 17.6. The van der Waals surface area contributed by atoms with Gasteiger partial charge in [0.05, 0.1) is 16.9 Å². The fourth-order valence-electron chi connectivity index (χ4n) is 3.75. The van der Waals surface area contributed by atoms with E-state index in [1.807, 2.05) is 44.2 Å². The van der Waals surface area contributed by atoms with Crippen LogP contribution in [0.4, 0.5) is 0 Å². The first-order chi connectivity index (χ1) is 11.5. The maximum absolute atomic E-state index is 11.6. The molecule has 0 amide bonds. The quantitative estimate of drug-likeness (QED) is 0.797. The van der Waals surface area contributed by atoms with Crippen molar-refractivity contribution < 1.29 is 9.90 Å². The van der Waals surface area contributed by atoms with E-state index in [0.717, 1.165) is 31.2 Å². The smallest absolute Gasteiger partial charge is 0.310 e. The van der Waals surface area contributed by atoms with Gasteiger partial charge in [0.15, 0.2) is 0 Å². The number of aliphatic carboxylic acids is 1. The van der Waals surface area contributed by atoms with Crippen LogP contribution in [0.3, 0.4) is 0 Å². The average Bonchev–Trinajstić information content (AvgIpc) is 2.64. The average molecular weight is 328 g/mol. The van der Waals surface area contributed by atoms with Gasteiger partial charge in [0.25, 0.3) is 0 Å². The standard InChI is InChI=1S/C20H28N2O2/c1-3-19(4-2,18(23)24)15-22-17-10-12-20(14-21,13-11-17)16-8-6-5-7-9-16/h5-9,17,22H,3-4,10-13,15H2,1-2H3,(H,23,24). The Hall–Kier alpha value is -1.86. The predicted octanol–water partition coefficient (Wildman–Crippen LogP) is 3.87. The molecule has 0 bridgehead atoms. The Morgan fingerprint density at radius 3 is 2.33 bits per heavy atom. The third-order valence-corrected chi connectivity index (χ3v) is 5.92. The van der Waals surface area contributed by atoms with Crippen molar-refractivity contribution in [3.8, 4) is 6.07 Å². The topological polar surface area (TPSA) is 73.1 Å². The Balaban J connectivity index is 1.98. The van der Waals surface area contributed by atoms with Crippen LogP contribution in [-0.4, -0.2) is 23.7 Å². The number of nitriles is 1. The summed E-state index contributed by atoms with van der Waals surface area (Å²) in [5.74, 6) is -0.716. The van der Waals surface area contributed by atoms with E-state index in [-0.39, 0.29) is 0 Å². The fraction of sp³-hybridized carbons (Fsp3) is 0.600. The van der Waals surface area contributed by atoms with E-state index in [0.29, 0.717) is 25.4 Å². The summed E-state index contributed by atoms with van der Waals surface area (Å²) in [6.45, 7) is 4.39. The summed E-state index contributed by atoms with van der Waals surface area (Å²) >= 11 is 0. The van der Waals surface area contributed by atoms with Gasteiger partial charge in [0.1, 0.15) is 0 Å². The van der Waals surface area contributed by atoms with Crippen LogP contribution in [-0.2, 0) is 10.2 Å². The number of carbonyl (C=O) groups is 1. The first kappa shape index (κ1) is 18.5. The molecule has 0 unspecified atom stereocenters. The van der Waals surface area contributed by atoms with Crippen LogP contribution in [0.15, 0.2) is 30.3 Å². The van der Waals surface area contributed by atoms with E-state index >= 15 is 0 Å². The van der Waals surface area contributed by atoms with Crippen molar-refractivity contribution in [3.63, 3.8) is 0 Å². The number of benzene rings is 1. The van der Waals surface area contributed by atoms with E-state index in [2.05, 4.69) is 11.4 Å². The second-order valence-corrected chi connectivity index (χ2v) is 7.01. The van der Waals surface area contributed by atoms with Gasteiger partial charge in [-0.1, -0.05) is 44.2 Å². The Morgan fingerprint density at radius 1 is 1.29 bits per heavy atom. The minimum absolute atomic E-state index is 0.298. The van der Waals surface area contributed by atoms with E-state index in [4.69, 9.17) is 0 Å². The third kappa shape index (κ3) is 3.62. The minimum Gasteiger partial charge on any atom is -0.481 e. The maximum Gasteiger partial charge on any atom is 0.310 e. The van der Waals surface area contributed by atoms with Crippen LogP contribution in [0.2, 0.25) is 0 Å². The number of nitrogens with zero attached hydrogens (tertiary/aromatic N) is 1. The van der Waals surface area contributed by atoms with Crippen LogP contribution in [0.5, 0.6) is 0 Å². The van der Waals surface area contributed by atoms with E-state index in [1.54, 1.807) is 0 Å². The molecular formula is C20H28N2O2. The third-order valence-electron chi connectivity index (χ3n) is 5.92. The second-order valence-electron chi connectivity index (χ2n) is 7.01. The highest BCUT2D eigenvalue weighted by molar-refractivity contribution is 5.74. The fourth-order valence-corrected chi connectivity index (χ4v) is 3.75. The highest BCUT2D eigenvalue weighted by atomic mass is 16.4. The molecule has 130 valence electrons. The summed E-state index contributed by atoms with van der Waals surface area (Å²) in [4.78, 5) is 11.6. The first-order valence-electron chi connectivity index (χ1n) is 8.95. The van der Waals surface area contributed by atoms with Crippen LogP contribution in [0, 0.1) is 16.7 Å². The molecule has 0 aliphatic heterocycles. The molecule has 2 N–H and O–H groups in total. The number of rotatable bonds is 7. The van der Waals surface area contributed by atoms with Crippen molar-refractivity contribution in [3.05, 3.63) is 35.9 Å².